The van der Waals surface area contributed by atoms with Gasteiger partial charge in [-0.15, -0.1) is 12.3 Å². The zero-order valence-corrected chi connectivity index (χ0v) is 7.52. The molecule has 1 unspecified atom stereocenters. The van der Waals surface area contributed by atoms with E-state index in [4.69, 9.17) is 6.42 Å². The molecule has 0 bridgehead atoms. The Morgan fingerprint density at radius 2 is 2.18 bits per heavy atom. The molecule has 0 aromatic carbocycles. The van der Waals surface area contributed by atoms with Crippen LogP contribution in [0.25, 0.3) is 0 Å². The average Bonchev–Trinajstić information content (AvgIpc) is 1.86. The van der Waals surface area contributed by atoms with E-state index in [9.17, 15) is 5.11 Å². The van der Waals surface area contributed by atoms with Gasteiger partial charge in [0.15, 0.2) is 0 Å². The summed E-state index contributed by atoms with van der Waals surface area (Å²) >= 11 is 0. The van der Waals surface area contributed by atoms with Crippen LogP contribution in [0.4, 0.5) is 0 Å². The average molecular weight is 155 g/mol. The van der Waals surface area contributed by atoms with Gasteiger partial charge in [-0.1, -0.05) is 0 Å². The highest BCUT2D eigenvalue weighted by Crippen LogP contribution is 2.06. The molecular weight excluding hydrogens is 138 g/mol. The summed E-state index contributed by atoms with van der Waals surface area (Å²) in [5.41, 5.74) is -0.672. The molecule has 1 atom stereocenters. The monoisotopic (exact) mass is 155 g/mol. The maximum Gasteiger partial charge on any atom is 0.0741 e. The van der Waals surface area contributed by atoms with Crippen molar-refractivity contribution < 1.29 is 5.11 Å². The molecule has 0 aliphatic carbocycles. The van der Waals surface area contributed by atoms with Crippen molar-refractivity contribution in [2.45, 2.75) is 38.8 Å². The number of terminal acetylenes is 1. The Kier molecular flexibility index (Phi) is 4.17. The molecule has 0 amide bonds. The SMILES string of the molecule is C#CCCNC(C)C(C)(C)O. The summed E-state index contributed by atoms with van der Waals surface area (Å²) in [5, 5.41) is 12.6. The van der Waals surface area contributed by atoms with Crippen molar-refractivity contribution in [3.8, 4) is 12.3 Å². The van der Waals surface area contributed by atoms with Crippen LogP contribution < -0.4 is 5.32 Å². The molecule has 0 aromatic rings. The van der Waals surface area contributed by atoms with Crippen LogP contribution in [0.2, 0.25) is 0 Å². The Balaban J connectivity index is 3.55. The normalized spacial score (nSPS) is 14.1. The molecule has 0 radical (unpaired) electrons. The Labute approximate surface area is 69.0 Å². The van der Waals surface area contributed by atoms with Crippen molar-refractivity contribution in [1.82, 2.24) is 5.32 Å². The smallest absolute Gasteiger partial charge is 0.0741 e. The van der Waals surface area contributed by atoms with Gasteiger partial charge in [0.2, 0.25) is 0 Å². The van der Waals surface area contributed by atoms with E-state index in [1.807, 2.05) is 6.92 Å². The van der Waals surface area contributed by atoms with Crippen LogP contribution in [0.5, 0.6) is 0 Å². The molecule has 0 aliphatic heterocycles. The van der Waals surface area contributed by atoms with E-state index in [1.54, 1.807) is 13.8 Å². The zero-order valence-electron chi connectivity index (χ0n) is 7.52. The summed E-state index contributed by atoms with van der Waals surface area (Å²) in [5.74, 6) is 2.53. The molecule has 64 valence electrons. The van der Waals surface area contributed by atoms with Crippen LogP contribution in [-0.2, 0) is 0 Å². The number of hydrogen-bond acceptors (Lipinski definition) is 2. The standard InChI is InChI=1S/C9H17NO/c1-5-6-7-10-8(2)9(3,4)11/h1,8,10-11H,6-7H2,2-4H3. The Hall–Kier alpha value is -0.520. The largest absolute Gasteiger partial charge is 0.389 e. The second-order valence-electron chi connectivity index (χ2n) is 3.28. The summed E-state index contributed by atoms with van der Waals surface area (Å²) in [4.78, 5) is 0. The van der Waals surface area contributed by atoms with E-state index in [0.29, 0.717) is 6.42 Å². The van der Waals surface area contributed by atoms with Crippen LogP contribution >= 0.6 is 0 Å². The molecule has 0 aliphatic rings. The topological polar surface area (TPSA) is 32.3 Å². The first kappa shape index (κ1) is 10.5. The van der Waals surface area contributed by atoms with Crippen molar-refractivity contribution in [3.63, 3.8) is 0 Å². The lowest BCUT2D eigenvalue weighted by molar-refractivity contribution is 0.0447. The van der Waals surface area contributed by atoms with Gasteiger partial charge in [-0.2, -0.15) is 0 Å². The number of hydrogen-bond donors (Lipinski definition) is 2. The molecule has 0 aromatic heterocycles. The fraction of sp³-hybridized carbons (Fsp3) is 0.778. The lowest BCUT2D eigenvalue weighted by atomic mass is 10.0. The molecule has 0 saturated heterocycles. The molecule has 2 N–H and O–H groups in total. The lowest BCUT2D eigenvalue weighted by Gasteiger charge is -2.26. The van der Waals surface area contributed by atoms with Crippen molar-refractivity contribution in [3.05, 3.63) is 0 Å². The molecule has 2 heteroatoms. The minimum absolute atomic E-state index is 0.0795. The molecule has 11 heavy (non-hydrogen) atoms. The summed E-state index contributed by atoms with van der Waals surface area (Å²) in [6, 6.07) is 0.0795. The Bertz CT molecular complexity index is 141. The first-order valence-corrected chi connectivity index (χ1v) is 3.87. The van der Waals surface area contributed by atoms with Gasteiger partial charge in [0.05, 0.1) is 5.60 Å². The highest BCUT2D eigenvalue weighted by molar-refractivity contribution is 4.86. The van der Waals surface area contributed by atoms with Crippen molar-refractivity contribution in [2.24, 2.45) is 0 Å². The predicted octanol–water partition coefficient (Wildman–Crippen LogP) is 0.759. The minimum atomic E-state index is -0.672. The first-order valence-electron chi connectivity index (χ1n) is 3.87. The minimum Gasteiger partial charge on any atom is -0.389 e. The number of aliphatic hydroxyl groups is 1. The fourth-order valence-corrected chi connectivity index (χ4v) is 0.611. The summed E-state index contributed by atoms with van der Waals surface area (Å²) < 4.78 is 0. The number of nitrogens with one attached hydrogen (secondary N) is 1. The van der Waals surface area contributed by atoms with E-state index in [0.717, 1.165) is 6.54 Å². The number of rotatable bonds is 4. The second-order valence-corrected chi connectivity index (χ2v) is 3.28. The summed E-state index contributed by atoms with van der Waals surface area (Å²) in [6.07, 6.45) is 5.78. The lowest BCUT2D eigenvalue weighted by Crippen LogP contribution is -2.44. The molecule has 0 heterocycles. The van der Waals surface area contributed by atoms with E-state index in [-0.39, 0.29) is 6.04 Å². The summed E-state index contributed by atoms with van der Waals surface area (Å²) in [7, 11) is 0. The Morgan fingerprint density at radius 3 is 2.55 bits per heavy atom. The first-order chi connectivity index (χ1) is 4.98. The highest BCUT2D eigenvalue weighted by atomic mass is 16.3. The van der Waals surface area contributed by atoms with Crippen LogP contribution in [0.15, 0.2) is 0 Å². The van der Waals surface area contributed by atoms with Crippen molar-refractivity contribution >= 4 is 0 Å². The van der Waals surface area contributed by atoms with E-state index in [2.05, 4.69) is 11.2 Å². The Morgan fingerprint density at radius 1 is 1.64 bits per heavy atom. The highest BCUT2D eigenvalue weighted by Gasteiger charge is 2.20. The van der Waals surface area contributed by atoms with Crippen molar-refractivity contribution in [2.75, 3.05) is 6.54 Å². The zero-order chi connectivity index (χ0) is 8.91. The molecular formula is C9H17NO. The quantitative estimate of drug-likeness (QED) is 0.464. The second kappa shape index (κ2) is 4.38. The van der Waals surface area contributed by atoms with Gasteiger partial charge >= 0.3 is 0 Å². The van der Waals surface area contributed by atoms with Crippen LogP contribution in [0.3, 0.4) is 0 Å². The molecule has 2 nitrogen and oxygen atoms in total. The molecule has 0 spiro atoms. The van der Waals surface area contributed by atoms with Gasteiger partial charge < -0.3 is 10.4 Å². The van der Waals surface area contributed by atoms with Crippen LogP contribution in [0, 0.1) is 12.3 Å². The fourth-order valence-electron chi connectivity index (χ4n) is 0.611. The van der Waals surface area contributed by atoms with Gasteiger partial charge in [-0.25, -0.2) is 0 Å². The van der Waals surface area contributed by atoms with Gasteiger partial charge in [0.1, 0.15) is 0 Å². The molecule has 0 rings (SSSR count). The van der Waals surface area contributed by atoms with Crippen molar-refractivity contribution in [1.29, 1.82) is 0 Å². The maximum atomic E-state index is 9.47. The van der Waals surface area contributed by atoms with E-state index in [1.165, 1.54) is 0 Å². The molecule has 0 saturated carbocycles. The van der Waals surface area contributed by atoms with Gasteiger partial charge in [0.25, 0.3) is 0 Å². The maximum absolute atomic E-state index is 9.47. The third kappa shape index (κ3) is 4.83. The van der Waals surface area contributed by atoms with Gasteiger partial charge in [0, 0.05) is 19.0 Å². The van der Waals surface area contributed by atoms with E-state index >= 15 is 0 Å². The summed E-state index contributed by atoms with van der Waals surface area (Å²) in [6.45, 7) is 6.26. The molecule has 0 fully saturated rings. The van der Waals surface area contributed by atoms with E-state index < -0.39 is 5.60 Å². The predicted molar refractivity (Wildman–Crippen MR) is 47.2 cm³/mol. The van der Waals surface area contributed by atoms with Crippen LogP contribution in [-0.4, -0.2) is 23.3 Å². The van der Waals surface area contributed by atoms with Gasteiger partial charge in [-0.05, 0) is 20.8 Å². The van der Waals surface area contributed by atoms with Crippen LogP contribution in [0.1, 0.15) is 27.2 Å². The third-order valence-electron chi connectivity index (χ3n) is 1.78. The third-order valence-corrected chi connectivity index (χ3v) is 1.78. The van der Waals surface area contributed by atoms with Gasteiger partial charge in [-0.3, -0.25) is 0 Å².